The van der Waals surface area contributed by atoms with Gasteiger partial charge in [0.15, 0.2) is 0 Å². The summed E-state index contributed by atoms with van der Waals surface area (Å²) >= 11 is 0. The van der Waals surface area contributed by atoms with Gasteiger partial charge in [0.05, 0.1) is 0 Å². The number of halogens is 8. The van der Waals surface area contributed by atoms with Crippen LogP contribution in [0.2, 0.25) is 0 Å². The van der Waals surface area contributed by atoms with Crippen molar-refractivity contribution in [2.45, 2.75) is 26.2 Å². The zero-order chi connectivity index (χ0) is 26.7. The first kappa shape index (κ1) is 26.2. The minimum absolute atomic E-state index is 0.585. The van der Waals surface area contributed by atoms with Crippen molar-refractivity contribution in [3.8, 4) is 11.5 Å². The van der Waals surface area contributed by atoms with E-state index in [-0.39, 0.29) is 0 Å². The fraction of sp³-hybridized carbons (Fsp3) is 0.333. The van der Waals surface area contributed by atoms with Crippen molar-refractivity contribution in [2.24, 2.45) is 5.41 Å². The molecule has 0 radical (unpaired) electrons. The molecule has 200 valence electrons. The van der Waals surface area contributed by atoms with Crippen molar-refractivity contribution in [2.75, 3.05) is 13.2 Å². The molecule has 0 bridgehead atoms. The summed E-state index contributed by atoms with van der Waals surface area (Å²) in [6, 6.07) is 6.59. The first-order valence-electron chi connectivity index (χ1n) is 10.1. The van der Waals surface area contributed by atoms with Gasteiger partial charge in [-0.3, -0.25) is 0 Å². The molecular weight excluding hydrogens is 531 g/mol. The number of alkyl halides is 6. The summed E-state index contributed by atoms with van der Waals surface area (Å²) in [5, 5.41) is 0. The molecule has 2 aromatic rings. The van der Waals surface area contributed by atoms with Gasteiger partial charge in [0, 0.05) is 0 Å². The number of benzene rings is 2. The third-order valence-electron chi connectivity index (χ3n) is 4.92. The van der Waals surface area contributed by atoms with Gasteiger partial charge in [-0.05, 0) is 0 Å². The molecule has 6 nitrogen and oxygen atoms in total. The normalized spacial score (nSPS) is 23.9. The van der Waals surface area contributed by atoms with E-state index < -0.39 is 72.9 Å². The van der Waals surface area contributed by atoms with Gasteiger partial charge in [-0.1, -0.05) is 0 Å². The molecule has 0 saturated carbocycles. The molecule has 2 aliphatic heterocycles. The van der Waals surface area contributed by atoms with Gasteiger partial charge in [0.1, 0.15) is 0 Å². The predicted molar refractivity (Wildman–Crippen MR) is 108 cm³/mol. The van der Waals surface area contributed by atoms with E-state index in [9.17, 15) is 35.1 Å². The van der Waals surface area contributed by atoms with Gasteiger partial charge in [-0.2, -0.15) is 0 Å². The Kier molecular flexibility index (Phi) is 5.53. The van der Waals surface area contributed by atoms with E-state index in [2.05, 4.69) is 0 Å². The van der Waals surface area contributed by atoms with E-state index in [0.717, 1.165) is 48.5 Å². The monoisotopic (exact) mass is 549 g/mol. The molecule has 15 heteroatoms. The quantitative estimate of drug-likeness (QED) is 0.292. The Morgan fingerprint density at radius 1 is 0.667 bits per heavy atom. The van der Waals surface area contributed by atoms with Crippen molar-refractivity contribution >= 4 is 7.31 Å². The van der Waals surface area contributed by atoms with Crippen LogP contribution in [-0.2, 0) is 18.1 Å². The van der Waals surface area contributed by atoms with Gasteiger partial charge in [0.25, 0.3) is 0 Å². The Morgan fingerprint density at radius 3 is 1.31 bits per heavy atom. The SMILES string of the molecule is CC1(C)CO[P-]2(Oc3ccc(F)cc3)(Oc3ccc(F)cc3)(OC1)OC(C(F)(F)F)=C(C(F)(F)F)O2. The van der Waals surface area contributed by atoms with Gasteiger partial charge < -0.3 is 0 Å². The van der Waals surface area contributed by atoms with Crippen molar-refractivity contribution in [1.29, 1.82) is 0 Å². The van der Waals surface area contributed by atoms with E-state index in [4.69, 9.17) is 27.1 Å². The number of hydrogen-bond acceptors (Lipinski definition) is 6. The Morgan fingerprint density at radius 2 is 1.00 bits per heavy atom. The van der Waals surface area contributed by atoms with E-state index in [1.807, 2.05) is 0 Å². The molecule has 0 amide bonds. The van der Waals surface area contributed by atoms with Crippen molar-refractivity contribution in [3.63, 3.8) is 0 Å². The molecule has 4 rings (SSSR count). The molecule has 0 aliphatic carbocycles. The Bertz CT molecular complexity index is 1110. The maximum atomic E-state index is 13.9. The van der Waals surface area contributed by atoms with Crippen molar-refractivity contribution in [1.82, 2.24) is 0 Å². The average molecular weight is 549 g/mol. The van der Waals surface area contributed by atoms with E-state index in [0.29, 0.717) is 0 Å². The molecule has 2 aromatic carbocycles. The Hall–Kier alpha value is -2.83. The van der Waals surface area contributed by atoms with Crippen molar-refractivity contribution < 1.29 is 62.3 Å². The van der Waals surface area contributed by atoms with Crippen LogP contribution in [0.3, 0.4) is 0 Å². The zero-order valence-corrected chi connectivity index (χ0v) is 19.3. The number of hydrogen-bond donors (Lipinski definition) is 0. The van der Waals surface area contributed by atoms with Gasteiger partial charge >= 0.3 is 198 Å². The molecule has 2 heterocycles. The molecule has 0 atom stereocenters. The molecule has 2 aliphatic rings. The second-order valence-electron chi connectivity index (χ2n) is 8.76. The van der Waals surface area contributed by atoms with Crippen LogP contribution in [0, 0.1) is 17.0 Å². The fourth-order valence-corrected chi connectivity index (χ4v) is 7.42. The predicted octanol–water partition coefficient (Wildman–Crippen LogP) is 7.46. The van der Waals surface area contributed by atoms with Crippen LogP contribution in [-0.4, -0.2) is 25.6 Å². The molecular formula is C21H18F8O6P-. The Labute approximate surface area is 198 Å². The van der Waals surface area contributed by atoms with Crippen LogP contribution in [0.1, 0.15) is 13.8 Å². The zero-order valence-electron chi connectivity index (χ0n) is 18.5. The molecule has 1 spiro atoms. The third-order valence-corrected chi connectivity index (χ3v) is 8.51. The summed E-state index contributed by atoms with van der Waals surface area (Å²) in [6.45, 7) is 1.76. The van der Waals surface area contributed by atoms with Crippen LogP contribution in [0.4, 0.5) is 35.1 Å². The summed E-state index contributed by atoms with van der Waals surface area (Å²) in [5.41, 5.74) is -0.998. The summed E-state index contributed by atoms with van der Waals surface area (Å²) in [5.74, 6) is -8.16. The summed E-state index contributed by atoms with van der Waals surface area (Å²) in [6.07, 6.45) is -11.6. The van der Waals surface area contributed by atoms with Gasteiger partial charge in [-0.15, -0.1) is 0 Å². The van der Waals surface area contributed by atoms with Crippen molar-refractivity contribution in [3.05, 3.63) is 71.7 Å². The van der Waals surface area contributed by atoms with Crippen LogP contribution >= 0.6 is 7.31 Å². The Balaban J connectivity index is 2.01. The maximum absolute atomic E-state index is 13.9. The standard InChI is InChI=1S/C21H18F8O6P/c1-19(2)11-30-36(31-12-19,32-15-7-3-13(22)4-8-15,33-16-9-5-14(23)6-10-16)34-17(20(24,25)26)18(35-36)21(27,28)29/h3-10H,11-12H2,1-2H3/q-1. The fourth-order valence-electron chi connectivity index (χ4n) is 3.25. The second-order valence-corrected chi connectivity index (χ2v) is 12.2. The average Bonchev–Trinajstić information content (AvgIpc) is 3.09. The van der Waals surface area contributed by atoms with Crippen LogP contribution in [0.25, 0.3) is 0 Å². The first-order valence-corrected chi connectivity index (χ1v) is 12.3. The molecule has 0 N–H and O–H groups in total. The van der Waals surface area contributed by atoms with Crippen LogP contribution in [0.15, 0.2) is 60.0 Å². The number of allylic oxidation sites excluding steroid dienone is 2. The topological polar surface area (TPSA) is 55.4 Å². The van der Waals surface area contributed by atoms with Crippen LogP contribution < -0.4 is 9.05 Å². The molecule has 0 aromatic heterocycles. The summed E-state index contributed by atoms with van der Waals surface area (Å²) in [4.78, 5) is 0. The summed E-state index contributed by atoms with van der Waals surface area (Å²) in [7, 11) is -7.63. The van der Waals surface area contributed by atoms with E-state index in [1.165, 1.54) is 13.8 Å². The third kappa shape index (κ3) is 4.53. The second kappa shape index (κ2) is 7.59. The molecule has 1 fully saturated rings. The van der Waals surface area contributed by atoms with E-state index in [1.54, 1.807) is 0 Å². The first-order chi connectivity index (χ1) is 16.4. The van der Waals surface area contributed by atoms with Gasteiger partial charge in [-0.25, -0.2) is 0 Å². The van der Waals surface area contributed by atoms with E-state index >= 15 is 0 Å². The number of rotatable bonds is 4. The molecule has 36 heavy (non-hydrogen) atoms. The minimum atomic E-state index is -7.63. The molecule has 0 unspecified atom stereocenters. The van der Waals surface area contributed by atoms with Crippen LogP contribution in [0.5, 0.6) is 11.5 Å². The molecule has 1 saturated heterocycles. The van der Waals surface area contributed by atoms with Gasteiger partial charge in [0.2, 0.25) is 0 Å². The summed E-state index contributed by atoms with van der Waals surface area (Å²) < 4.78 is 142.